The number of hydrogen-bond acceptors (Lipinski definition) is 1. The molecule has 2 aromatic rings. The van der Waals surface area contributed by atoms with Gasteiger partial charge in [0.05, 0.1) is 6.61 Å². The van der Waals surface area contributed by atoms with Crippen LogP contribution in [0.25, 0.3) is 11.1 Å². The number of benzene rings is 2. The first-order valence-corrected chi connectivity index (χ1v) is 6.54. The Hall–Kier alpha value is -2.12. The van der Waals surface area contributed by atoms with Gasteiger partial charge in [-0.05, 0) is 16.7 Å². The summed E-state index contributed by atoms with van der Waals surface area (Å²) in [6, 6.07) is 17.0. The van der Waals surface area contributed by atoms with Crippen molar-refractivity contribution >= 4 is 0 Å². The Morgan fingerprint density at radius 1 is 0.947 bits per heavy atom. The van der Waals surface area contributed by atoms with Gasteiger partial charge in [-0.15, -0.1) is 0 Å². The number of fused-ring (bicyclic) bond motifs is 5. The summed E-state index contributed by atoms with van der Waals surface area (Å²) in [6.45, 7) is 4.60. The molecule has 0 atom stereocenters. The van der Waals surface area contributed by atoms with Crippen molar-refractivity contribution in [1.29, 1.82) is 0 Å². The highest BCUT2D eigenvalue weighted by molar-refractivity contribution is 5.83. The molecule has 19 heavy (non-hydrogen) atoms. The fourth-order valence-electron chi connectivity index (χ4n) is 3.37. The third-order valence-corrected chi connectivity index (χ3v) is 4.13. The van der Waals surface area contributed by atoms with Crippen LogP contribution in [0.2, 0.25) is 0 Å². The topological polar surface area (TPSA) is 9.23 Å². The molecule has 1 aliphatic carbocycles. The highest BCUT2D eigenvalue weighted by Gasteiger charge is 2.47. The average molecular weight is 246 g/mol. The smallest absolute Gasteiger partial charge is 0.145 e. The van der Waals surface area contributed by atoms with Crippen LogP contribution in [0.5, 0.6) is 0 Å². The van der Waals surface area contributed by atoms with Gasteiger partial charge in [-0.3, -0.25) is 0 Å². The first-order valence-electron chi connectivity index (χ1n) is 6.54. The van der Waals surface area contributed by atoms with Crippen LogP contribution in [0.15, 0.2) is 72.8 Å². The summed E-state index contributed by atoms with van der Waals surface area (Å²) in [4.78, 5) is 0. The van der Waals surface area contributed by atoms with Crippen LogP contribution >= 0.6 is 0 Å². The Bertz CT molecular complexity index is 664. The third-order valence-electron chi connectivity index (χ3n) is 4.13. The van der Waals surface area contributed by atoms with E-state index in [-0.39, 0.29) is 0 Å². The second-order valence-electron chi connectivity index (χ2n) is 4.95. The van der Waals surface area contributed by atoms with Gasteiger partial charge >= 0.3 is 0 Å². The molecule has 0 N–H and O–H groups in total. The number of ether oxygens (including phenoxy) is 1. The second kappa shape index (κ2) is 3.69. The van der Waals surface area contributed by atoms with Crippen LogP contribution in [-0.2, 0) is 10.3 Å². The Labute approximate surface area is 112 Å². The largest absolute Gasteiger partial charge is 0.357 e. The number of hydrogen-bond donors (Lipinski definition) is 0. The Morgan fingerprint density at radius 3 is 2.11 bits per heavy atom. The zero-order valence-corrected chi connectivity index (χ0v) is 10.6. The summed E-state index contributed by atoms with van der Waals surface area (Å²) >= 11 is 0. The molecule has 92 valence electrons. The van der Waals surface area contributed by atoms with Crippen LogP contribution in [0.1, 0.15) is 11.1 Å². The monoisotopic (exact) mass is 246 g/mol. The second-order valence-corrected chi connectivity index (χ2v) is 4.95. The highest BCUT2D eigenvalue weighted by Crippen LogP contribution is 2.55. The van der Waals surface area contributed by atoms with Gasteiger partial charge in [-0.2, -0.15) is 0 Å². The van der Waals surface area contributed by atoms with E-state index in [9.17, 15) is 0 Å². The molecule has 0 unspecified atom stereocenters. The maximum absolute atomic E-state index is 6.19. The van der Waals surface area contributed by atoms with E-state index in [2.05, 4.69) is 61.2 Å². The standard InChI is InChI=1S/C18H14O/c1-2-13-11-12-19-18(13)16-9-5-3-7-14(16)15-8-4-6-10-17(15)18/h2-11H,1,12H2. The van der Waals surface area contributed by atoms with Gasteiger partial charge in [0, 0.05) is 11.1 Å². The SMILES string of the molecule is C=CC1=CCOC12c1ccccc1-c1ccccc12. The lowest BCUT2D eigenvalue weighted by atomic mass is 9.85. The van der Waals surface area contributed by atoms with E-state index in [0.29, 0.717) is 6.61 Å². The van der Waals surface area contributed by atoms with Crippen LogP contribution < -0.4 is 0 Å². The first-order chi connectivity index (χ1) is 9.38. The van der Waals surface area contributed by atoms with Gasteiger partial charge in [-0.25, -0.2) is 0 Å². The summed E-state index contributed by atoms with van der Waals surface area (Å²) in [5.74, 6) is 0. The predicted octanol–water partition coefficient (Wildman–Crippen LogP) is 4.05. The summed E-state index contributed by atoms with van der Waals surface area (Å²) in [6.07, 6.45) is 4.05. The van der Waals surface area contributed by atoms with E-state index in [4.69, 9.17) is 4.74 Å². The Morgan fingerprint density at radius 2 is 1.53 bits per heavy atom. The molecular formula is C18H14O. The highest BCUT2D eigenvalue weighted by atomic mass is 16.5. The quantitative estimate of drug-likeness (QED) is 0.737. The van der Waals surface area contributed by atoms with Crippen molar-refractivity contribution < 1.29 is 4.74 Å². The lowest BCUT2D eigenvalue weighted by molar-refractivity contribution is 0.0556. The van der Waals surface area contributed by atoms with Crippen LogP contribution in [0.3, 0.4) is 0 Å². The maximum atomic E-state index is 6.19. The molecule has 1 heterocycles. The molecule has 1 spiro atoms. The lowest BCUT2D eigenvalue weighted by Crippen LogP contribution is -2.26. The molecule has 0 aromatic heterocycles. The molecule has 1 aliphatic heterocycles. The Kier molecular flexibility index (Phi) is 2.09. The van der Waals surface area contributed by atoms with Crippen molar-refractivity contribution in [3.05, 3.63) is 84.0 Å². The van der Waals surface area contributed by atoms with Gasteiger partial charge in [0.1, 0.15) is 5.60 Å². The van der Waals surface area contributed by atoms with E-state index in [1.807, 2.05) is 6.08 Å². The molecule has 1 heteroatoms. The van der Waals surface area contributed by atoms with Crippen molar-refractivity contribution in [2.24, 2.45) is 0 Å². The molecule has 0 bridgehead atoms. The zero-order valence-electron chi connectivity index (χ0n) is 10.6. The molecule has 0 amide bonds. The van der Waals surface area contributed by atoms with E-state index in [1.54, 1.807) is 0 Å². The molecule has 0 saturated carbocycles. The van der Waals surface area contributed by atoms with Crippen molar-refractivity contribution in [2.45, 2.75) is 5.60 Å². The average Bonchev–Trinajstić information content (AvgIpc) is 3.03. The Balaban J connectivity index is 2.13. The molecule has 1 nitrogen and oxygen atoms in total. The van der Waals surface area contributed by atoms with Gasteiger partial charge in [0.25, 0.3) is 0 Å². The van der Waals surface area contributed by atoms with E-state index >= 15 is 0 Å². The first kappa shape index (κ1) is 10.8. The third kappa shape index (κ3) is 1.18. The molecule has 4 rings (SSSR count). The van der Waals surface area contributed by atoms with Crippen LogP contribution in [-0.4, -0.2) is 6.61 Å². The number of rotatable bonds is 1. The summed E-state index contributed by atoms with van der Waals surface area (Å²) < 4.78 is 6.19. The molecule has 2 aliphatic rings. The maximum Gasteiger partial charge on any atom is 0.145 e. The minimum atomic E-state index is -0.436. The fraction of sp³-hybridized carbons (Fsp3) is 0.111. The molecule has 2 aromatic carbocycles. The summed E-state index contributed by atoms with van der Waals surface area (Å²) in [7, 11) is 0. The van der Waals surface area contributed by atoms with E-state index in [1.165, 1.54) is 22.3 Å². The van der Waals surface area contributed by atoms with Crippen LogP contribution in [0, 0.1) is 0 Å². The fourth-order valence-corrected chi connectivity index (χ4v) is 3.37. The van der Waals surface area contributed by atoms with Gasteiger partial charge in [-0.1, -0.05) is 67.3 Å². The lowest BCUT2D eigenvalue weighted by Gasteiger charge is -2.28. The molecule has 0 radical (unpaired) electrons. The van der Waals surface area contributed by atoms with Gasteiger partial charge in [0.15, 0.2) is 0 Å². The van der Waals surface area contributed by atoms with Gasteiger partial charge < -0.3 is 4.74 Å². The van der Waals surface area contributed by atoms with Crippen molar-refractivity contribution in [3.8, 4) is 11.1 Å². The summed E-state index contributed by atoms with van der Waals surface area (Å²) in [5.41, 5.74) is 5.74. The zero-order chi connectivity index (χ0) is 12.9. The molecule has 0 saturated heterocycles. The minimum Gasteiger partial charge on any atom is -0.357 e. The molecular weight excluding hydrogens is 232 g/mol. The normalized spacial score (nSPS) is 18.0. The van der Waals surface area contributed by atoms with Crippen molar-refractivity contribution in [3.63, 3.8) is 0 Å². The van der Waals surface area contributed by atoms with Crippen molar-refractivity contribution in [1.82, 2.24) is 0 Å². The predicted molar refractivity (Wildman–Crippen MR) is 76.9 cm³/mol. The molecule has 0 fully saturated rings. The van der Waals surface area contributed by atoms with E-state index < -0.39 is 5.60 Å². The van der Waals surface area contributed by atoms with E-state index in [0.717, 1.165) is 5.57 Å². The van der Waals surface area contributed by atoms with Crippen molar-refractivity contribution in [2.75, 3.05) is 6.61 Å². The summed E-state index contributed by atoms with van der Waals surface area (Å²) in [5, 5.41) is 0. The van der Waals surface area contributed by atoms with Gasteiger partial charge in [0.2, 0.25) is 0 Å². The minimum absolute atomic E-state index is 0.436. The van der Waals surface area contributed by atoms with Crippen LogP contribution in [0.4, 0.5) is 0 Å².